The largest absolute Gasteiger partial charge is 0.395 e. The van der Waals surface area contributed by atoms with Crippen molar-refractivity contribution in [2.75, 3.05) is 6.61 Å². The van der Waals surface area contributed by atoms with E-state index in [4.69, 9.17) is 0 Å². The van der Waals surface area contributed by atoms with Gasteiger partial charge >= 0.3 is 0 Å². The van der Waals surface area contributed by atoms with Crippen LogP contribution in [0.2, 0.25) is 0 Å². The Morgan fingerprint density at radius 2 is 1.80 bits per heavy atom. The number of unbranched alkanes of at least 4 members (excludes halogenated alkanes) is 2. The van der Waals surface area contributed by atoms with Crippen LogP contribution in [-0.2, 0) is 0 Å². The number of nitrogens with one attached hydrogen (secondary N) is 1. The zero-order valence-corrected chi connectivity index (χ0v) is 10.9. The van der Waals surface area contributed by atoms with Crippen LogP contribution in [0.5, 0.6) is 0 Å². The normalized spacial score (nSPS) is 15.6. The van der Waals surface area contributed by atoms with Gasteiger partial charge in [-0.15, -0.1) is 0 Å². The lowest BCUT2D eigenvalue weighted by atomic mass is 10.0. The van der Waals surface area contributed by atoms with E-state index < -0.39 is 0 Å². The van der Waals surface area contributed by atoms with Crippen molar-refractivity contribution >= 4 is 0 Å². The van der Waals surface area contributed by atoms with Crippen LogP contribution < -0.4 is 5.32 Å². The molecule has 0 radical (unpaired) electrons. The topological polar surface area (TPSA) is 32.3 Å². The van der Waals surface area contributed by atoms with E-state index in [1.165, 1.54) is 25.7 Å². The van der Waals surface area contributed by atoms with Gasteiger partial charge < -0.3 is 10.4 Å². The summed E-state index contributed by atoms with van der Waals surface area (Å²) in [6.45, 7) is 9.11. The van der Waals surface area contributed by atoms with Crippen LogP contribution in [0.25, 0.3) is 0 Å². The van der Waals surface area contributed by atoms with Crippen molar-refractivity contribution < 1.29 is 5.11 Å². The first kappa shape index (κ1) is 14.9. The summed E-state index contributed by atoms with van der Waals surface area (Å²) >= 11 is 0. The van der Waals surface area contributed by atoms with Crippen molar-refractivity contribution in [1.82, 2.24) is 5.32 Å². The minimum atomic E-state index is 0.260. The Labute approximate surface area is 95.5 Å². The summed E-state index contributed by atoms with van der Waals surface area (Å²) in [6, 6.07) is 0.814. The molecule has 0 fully saturated rings. The van der Waals surface area contributed by atoms with Crippen molar-refractivity contribution in [3.05, 3.63) is 0 Å². The van der Waals surface area contributed by atoms with E-state index in [9.17, 15) is 5.11 Å². The molecule has 92 valence electrons. The van der Waals surface area contributed by atoms with Crippen LogP contribution in [0.15, 0.2) is 0 Å². The summed E-state index contributed by atoms with van der Waals surface area (Å²) in [4.78, 5) is 0. The number of rotatable bonds is 9. The minimum Gasteiger partial charge on any atom is -0.395 e. The number of hydrogen-bond donors (Lipinski definition) is 2. The minimum absolute atomic E-state index is 0.260. The molecular formula is C13H29NO. The molecule has 0 heterocycles. The second kappa shape index (κ2) is 9.17. The number of hydrogen-bond acceptors (Lipinski definition) is 2. The molecule has 0 bridgehead atoms. The van der Waals surface area contributed by atoms with E-state index >= 15 is 0 Å². The van der Waals surface area contributed by atoms with Crippen LogP contribution in [0.3, 0.4) is 0 Å². The highest BCUT2D eigenvalue weighted by Crippen LogP contribution is 2.08. The Bertz CT molecular complexity index is 136. The van der Waals surface area contributed by atoms with Gasteiger partial charge in [0.1, 0.15) is 0 Å². The molecule has 0 rings (SSSR count). The molecular weight excluding hydrogens is 186 g/mol. The smallest absolute Gasteiger partial charge is 0.0584 e. The zero-order valence-electron chi connectivity index (χ0n) is 10.9. The summed E-state index contributed by atoms with van der Waals surface area (Å²) in [7, 11) is 0. The van der Waals surface area contributed by atoms with E-state index in [0.29, 0.717) is 12.0 Å². The summed E-state index contributed by atoms with van der Waals surface area (Å²) in [5, 5.41) is 12.7. The predicted octanol–water partition coefficient (Wildman–Crippen LogP) is 2.95. The molecule has 2 N–H and O–H groups in total. The lowest BCUT2D eigenvalue weighted by Crippen LogP contribution is -2.39. The molecule has 0 amide bonds. The highest BCUT2D eigenvalue weighted by atomic mass is 16.3. The third-order valence-corrected chi connectivity index (χ3v) is 2.74. The molecule has 0 aliphatic heterocycles. The monoisotopic (exact) mass is 215 g/mol. The maximum absolute atomic E-state index is 9.23. The van der Waals surface area contributed by atoms with Gasteiger partial charge in [0, 0.05) is 12.1 Å². The highest BCUT2D eigenvalue weighted by molar-refractivity contribution is 4.72. The van der Waals surface area contributed by atoms with Gasteiger partial charge in [0.2, 0.25) is 0 Å². The Morgan fingerprint density at radius 1 is 1.13 bits per heavy atom. The van der Waals surface area contributed by atoms with Crippen molar-refractivity contribution in [2.24, 2.45) is 5.92 Å². The lowest BCUT2D eigenvalue weighted by Gasteiger charge is -2.23. The average molecular weight is 215 g/mol. The SMILES string of the molecule is CCCCCC(C)NC(CO)CC(C)C. The fraction of sp³-hybridized carbons (Fsp3) is 1.00. The van der Waals surface area contributed by atoms with Crippen LogP contribution in [0.1, 0.15) is 59.8 Å². The molecule has 0 aromatic rings. The molecule has 0 aliphatic rings. The average Bonchev–Trinajstić information content (AvgIpc) is 2.16. The summed E-state index contributed by atoms with van der Waals surface area (Å²) < 4.78 is 0. The summed E-state index contributed by atoms with van der Waals surface area (Å²) in [5.41, 5.74) is 0. The fourth-order valence-electron chi connectivity index (χ4n) is 1.95. The van der Waals surface area contributed by atoms with Crippen LogP contribution >= 0.6 is 0 Å². The molecule has 0 aromatic carbocycles. The second-order valence-corrected chi connectivity index (χ2v) is 5.07. The van der Waals surface area contributed by atoms with Gasteiger partial charge in [-0.1, -0.05) is 40.0 Å². The maximum Gasteiger partial charge on any atom is 0.0584 e. The van der Waals surface area contributed by atoms with E-state index in [1.54, 1.807) is 0 Å². The van der Waals surface area contributed by atoms with Crippen molar-refractivity contribution in [1.29, 1.82) is 0 Å². The van der Waals surface area contributed by atoms with E-state index in [0.717, 1.165) is 6.42 Å². The van der Waals surface area contributed by atoms with Crippen LogP contribution in [0, 0.1) is 5.92 Å². The molecule has 2 nitrogen and oxygen atoms in total. The molecule has 15 heavy (non-hydrogen) atoms. The van der Waals surface area contributed by atoms with E-state index in [2.05, 4.69) is 33.0 Å². The van der Waals surface area contributed by atoms with E-state index in [-0.39, 0.29) is 12.6 Å². The lowest BCUT2D eigenvalue weighted by molar-refractivity contribution is 0.212. The van der Waals surface area contributed by atoms with Gasteiger partial charge in [-0.25, -0.2) is 0 Å². The van der Waals surface area contributed by atoms with Gasteiger partial charge in [-0.3, -0.25) is 0 Å². The Morgan fingerprint density at radius 3 is 2.27 bits per heavy atom. The molecule has 2 heteroatoms. The maximum atomic E-state index is 9.23. The predicted molar refractivity (Wildman–Crippen MR) is 67.1 cm³/mol. The zero-order chi connectivity index (χ0) is 11.7. The molecule has 0 saturated carbocycles. The van der Waals surface area contributed by atoms with Gasteiger partial charge in [-0.05, 0) is 25.7 Å². The van der Waals surface area contributed by atoms with Gasteiger partial charge in [0.25, 0.3) is 0 Å². The quantitative estimate of drug-likeness (QED) is 0.580. The van der Waals surface area contributed by atoms with Gasteiger partial charge in [0.15, 0.2) is 0 Å². The van der Waals surface area contributed by atoms with Gasteiger partial charge in [-0.2, -0.15) is 0 Å². The summed E-state index contributed by atoms with van der Waals surface area (Å²) in [5.74, 6) is 0.650. The Hall–Kier alpha value is -0.0800. The molecule has 0 spiro atoms. The van der Waals surface area contributed by atoms with Crippen molar-refractivity contribution in [3.8, 4) is 0 Å². The molecule has 0 saturated heterocycles. The van der Waals surface area contributed by atoms with Crippen LogP contribution in [0.4, 0.5) is 0 Å². The molecule has 0 aliphatic carbocycles. The highest BCUT2D eigenvalue weighted by Gasteiger charge is 2.12. The first-order valence-electron chi connectivity index (χ1n) is 6.47. The van der Waals surface area contributed by atoms with E-state index in [1.807, 2.05) is 0 Å². The van der Waals surface area contributed by atoms with Crippen molar-refractivity contribution in [3.63, 3.8) is 0 Å². The third-order valence-electron chi connectivity index (χ3n) is 2.74. The Kier molecular flexibility index (Phi) is 9.12. The first-order chi connectivity index (χ1) is 7.10. The molecule has 2 unspecified atom stereocenters. The number of aliphatic hydroxyl groups is 1. The third kappa shape index (κ3) is 8.88. The first-order valence-corrected chi connectivity index (χ1v) is 6.47. The van der Waals surface area contributed by atoms with Gasteiger partial charge in [0.05, 0.1) is 6.61 Å². The standard InChI is InChI=1S/C13H29NO/c1-5-6-7-8-12(4)14-13(10-15)9-11(2)3/h11-15H,5-10H2,1-4H3. The molecule has 0 aromatic heterocycles. The summed E-state index contributed by atoms with van der Waals surface area (Å²) in [6.07, 6.45) is 6.18. The number of aliphatic hydroxyl groups excluding tert-OH is 1. The Balaban J connectivity index is 3.65. The fourth-order valence-corrected chi connectivity index (χ4v) is 1.95. The van der Waals surface area contributed by atoms with Crippen molar-refractivity contribution in [2.45, 2.75) is 71.9 Å². The van der Waals surface area contributed by atoms with Crippen LogP contribution in [-0.4, -0.2) is 23.8 Å². The molecule has 2 atom stereocenters. The second-order valence-electron chi connectivity index (χ2n) is 5.07.